The number of nitrogens with two attached hydrogens (primary N) is 1. The Kier molecular flexibility index (Phi) is 3.98. The first kappa shape index (κ1) is 11.9. The molecule has 0 saturated heterocycles. The molecule has 4 heteroatoms. The minimum atomic E-state index is 0.166. The summed E-state index contributed by atoms with van der Waals surface area (Å²) in [6.45, 7) is 1.40. The van der Waals surface area contributed by atoms with E-state index in [2.05, 4.69) is 4.99 Å². The molecule has 3 N–H and O–H groups in total. The molecule has 1 atom stereocenters. The molecule has 0 radical (unpaired) electrons. The van der Waals surface area contributed by atoms with E-state index >= 15 is 0 Å². The van der Waals surface area contributed by atoms with Crippen molar-refractivity contribution in [3.05, 3.63) is 29.8 Å². The SMILES string of the molecule is NCCCC1CN=C(Cc2ccccc2O)O1. The first-order valence-electron chi connectivity index (χ1n) is 5.96. The van der Waals surface area contributed by atoms with Crippen molar-refractivity contribution < 1.29 is 9.84 Å². The lowest BCUT2D eigenvalue weighted by atomic mass is 10.1. The van der Waals surface area contributed by atoms with Crippen LogP contribution in [0.3, 0.4) is 0 Å². The van der Waals surface area contributed by atoms with Gasteiger partial charge in [-0.25, -0.2) is 0 Å². The maximum atomic E-state index is 9.65. The van der Waals surface area contributed by atoms with Gasteiger partial charge in [0.25, 0.3) is 0 Å². The molecule has 0 aliphatic carbocycles. The normalized spacial score (nSPS) is 18.9. The highest BCUT2D eigenvalue weighted by Gasteiger charge is 2.19. The number of phenols is 1. The summed E-state index contributed by atoms with van der Waals surface area (Å²) in [5.74, 6) is 1.01. The quantitative estimate of drug-likeness (QED) is 0.810. The van der Waals surface area contributed by atoms with Crippen LogP contribution in [0.25, 0.3) is 0 Å². The van der Waals surface area contributed by atoms with E-state index in [4.69, 9.17) is 10.5 Å². The number of nitrogens with zero attached hydrogens (tertiary/aromatic N) is 1. The minimum absolute atomic E-state index is 0.166. The van der Waals surface area contributed by atoms with E-state index in [-0.39, 0.29) is 6.10 Å². The zero-order valence-electron chi connectivity index (χ0n) is 9.80. The summed E-state index contributed by atoms with van der Waals surface area (Å²) < 4.78 is 5.71. The first-order chi connectivity index (χ1) is 8.29. The predicted octanol–water partition coefficient (Wildman–Crippen LogP) is 1.47. The zero-order valence-corrected chi connectivity index (χ0v) is 9.80. The smallest absolute Gasteiger partial charge is 0.188 e. The van der Waals surface area contributed by atoms with Crippen LogP contribution in [0.2, 0.25) is 0 Å². The van der Waals surface area contributed by atoms with Gasteiger partial charge in [0.15, 0.2) is 5.90 Å². The number of hydrogen-bond donors (Lipinski definition) is 2. The van der Waals surface area contributed by atoms with Crippen molar-refractivity contribution in [1.82, 2.24) is 0 Å². The topological polar surface area (TPSA) is 67.8 Å². The molecule has 0 amide bonds. The fourth-order valence-electron chi connectivity index (χ4n) is 1.89. The van der Waals surface area contributed by atoms with Gasteiger partial charge in [0.2, 0.25) is 0 Å². The molecule has 0 bridgehead atoms. The van der Waals surface area contributed by atoms with Crippen molar-refractivity contribution >= 4 is 5.90 Å². The van der Waals surface area contributed by atoms with Gasteiger partial charge in [0.05, 0.1) is 13.0 Å². The Hall–Kier alpha value is -1.55. The van der Waals surface area contributed by atoms with Crippen molar-refractivity contribution in [3.8, 4) is 5.75 Å². The standard InChI is InChI=1S/C13H18N2O2/c14-7-3-5-11-9-15-13(17-11)8-10-4-1-2-6-12(10)16/h1-2,4,6,11,16H,3,5,7-9,14H2. The number of benzene rings is 1. The number of phenolic OH excluding ortho intramolecular Hbond substituents is 1. The second-order valence-corrected chi connectivity index (χ2v) is 4.21. The number of para-hydroxylation sites is 1. The van der Waals surface area contributed by atoms with Crippen LogP contribution >= 0.6 is 0 Å². The van der Waals surface area contributed by atoms with E-state index in [1.807, 2.05) is 12.1 Å². The van der Waals surface area contributed by atoms with E-state index < -0.39 is 0 Å². The second kappa shape index (κ2) is 5.68. The Labute approximate surface area is 101 Å². The van der Waals surface area contributed by atoms with Crippen LogP contribution < -0.4 is 5.73 Å². The molecule has 0 aromatic heterocycles. The summed E-state index contributed by atoms with van der Waals surface area (Å²) in [6.07, 6.45) is 2.64. The highest BCUT2D eigenvalue weighted by Crippen LogP contribution is 2.19. The fraction of sp³-hybridized carbons (Fsp3) is 0.462. The predicted molar refractivity (Wildman–Crippen MR) is 67.3 cm³/mol. The molecule has 1 aromatic carbocycles. The Morgan fingerprint density at radius 2 is 2.24 bits per heavy atom. The Morgan fingerprint density at radius 1 is 1.41 bits per heavy atom. The van der Waals surface area contributed by atoms with Crippen LogP contribution in [-0.2, 0) is 11.2 Å². The second-order valence-electron chi connectivity index (χ2n) is 4.21. The summed E-state index contributed by atoms with van der Waals surface area (Å²) in [6, 6.07) is 7.27. The maximum Gasteiger partial charge on any atom is 0.188 e. The van der Waals surface area contributed by atoms with Crippen LogP contribution in [-0.4, -0.2) is 30.2 Å². The lowest BCUT2D eigenvalue weighted by Crippen LogP contribution is -2.15. The summed E-state index contributed by atoms with van der Waals surface area (Å²) >= 11 is 0. The number of aromatic hydroxyl groups is 1. The van der Waals surface area contributed by atoms with Crippen molar-refractivity contribution in [2.75, 3.05) is 13.1 Å². The molecular formula is C13H18N2O2. The number of aliphatic imine (C=N–C) groups is 1. The highest BCUT2D eigenvalue weighted by atomic mass is 16.5. The van der Waals surface area contributed by atoms with E-state index in [9.17, 15) is 5.11 Å². The van der Waals surface area contributed by atoms with Gasteiger partial charge in [-0.3, -0.25) is 4.99 Å². The average molecular weight is 234 g/mol. The third-order valence-corrected chi connectivity index (χ3v) is 2.84. The fourth-order valence-corrected chi connectivity index (χ4v) is 1.89. The van der Waals surface area contributed by atoms with Crippen molar-refractivity contribution in [1.29, 1.82) is 0 Å². The van der Waals surface area contributed by atoms with Crippen molar-refractivity contribution in [3.63, 3.8) is 0 Å². The van der Waals surface area contributed by atoms with E-state index in [1.54, 1.807) is 12.1 Å². The molecule has 1 aliphatic rings. The van der Waals surface area contributed by atoms with Gasteiger partial charge in [0.1, 0.15) is 11.9 Å². The van der Waals surface area contributed by atoms with Crippen LogP contribution in [0.4, 0.5) is 0 Å². The van der Waals surface area contributed by atoms with Gasteiger partial charge in [-0.2, -0.15) is 0 Å². The summed E-state index contributed by atoms with van der Waals surface area (Å²) in [5, 5.41) is 9.65. The average Bonchev–Trinajstić information content (AvgIpc) is 2.77. The van der Waals surface area contributed by atoms with E-state index in [0.717, 1.165) is 18.4 Å². The molecule has 1 unspecified atom stereocenters. The monoisotopic (exact) mass is 234 g/mol. The summed E-state index contributed by atoms with van der Waals surface area (Å²) in [5.41, 5.74) is 6.31. The number of ether oxygens (including phenoxy) is 1. The van der Waals surface area contributed by atoms with Gasteiger partial charge in [-0.1, -0.05) is 18.2 Å². The molecule has 1 heterocycles. The Balaban J connectivity index is 1.87. The molecule has 0 spiro atoms. The van der Waals surface area contributed by atoms with Crippen molar-refractivity contribution in [2.24, 2.45) is 10.7 Å². The van der Waals surface area contributed by atoms with Crippen LogP contribution in [0.1, 0.15) is 18.4 Å². The number of hydrogen-bond acceptors (Lipinski definition) is 4. The molecule has 1 aliphatic heterocycles. The molecule has 4 nitrogen and oxygen atoms in total. The van der Waals surface area contributed by atoms with Gasteiger partial charge < -0.3 is 15.6 Å². The van der Waals surface area contributed by atoms with E-state index in [0.29, 0.717) is 31.2 Å². The Morgan fingerprint density at radius 3 is 3.00 bits per heavy atom. The van der Waals surface area contributed by atoms with Gasteiger partial charge in [-0.05, 0) is 25.5 Å². The zero-order chi connectivity index (χ0) is 12.1. The Bertz CT molecular complexity index is 404. The molecule has 1 aromatic rings. The van der Waals surface area contributed by atoms with Crippen LogP contribution in [0, 0.1) is 0 Å². The highest BCUT2D eigenvalue weighted by molar-refractivity contribution is 5.80. The maximum absolute atomic E-state index is 9.65. The molecule has 92 valence electrons. The largest absolute Gasteiger partial charge is 0.508 e. The molecule has 0 fully saturated rings. The third kappa shape index (κ3) is 3.20. The van der Waals surface area contributed by atoms with Gasteiger partial charge >= 0.3 is 0 Å². The third-order valence-electron chi connectivity index (χ3n) is 2.84. The van der Waals surface area contributed by atoms with E-state index in [1.165, 1.54) is 0 Å². The molecule has 0 saturated carbocycles. The van der Waals surface area contributed by atoms with Crippen molar-refractivity contribution in [2.45, 2.75) is 25.4 Å². The number of rotatable bonds is 5. The molecular weight excluding hydrogens is 216 g/mol. The molecule has 2 rings (SSSR count). The molecule has 17 heavy (non-hydrogen) atoms. The summed E-state index contributed by atoms with van der Waals surface area (Å²) in [7, 11) is 0. The summed E-state index contributed by atoms with van der Waals surface area (Å²) in [4.78, 5) is 4.35. The first-order valence-corrected chi connectivity index (χ1v) is 5.96. The van der Waals surface area contributed by atoms with Gasteiger partial charge in [-0.15, -0.1) is 0 Å². The lowest BCUT2D eigenvalue weighted by molar-refractivity contribution is 0.206. The van der Waals surface area contributed by atoms with Crippen LogP contribution in [0.15, 0.2) is 29.3 Å². The van der Waals surface area contributed by atoms with Crippen LogP contribution in [0.5, 0.6) is 5.75 Å². The van der Waals surface area contributed by atoms with Gasteiger partial charge in [0, 0.05) is 5.56 Å². The lowest BCUT2D eigenvalue weighted by Gasteiger charge is -2.10. The minimum Gasteiger partial charge on any atom is -0.508 e.